The minimum atomic E-state index is -3.91. The molecule has 44 heavy (non-hydrogen) atoms. The second-order valence-electron chi connectivity index (χ2n) is 10.6. The van der Waals surface area contributed by atoms with E-state index in [0.29, 0.717) is 25.3 Å². The molecular weight excluding hydrogens is 584 g/mol. The number of fused-ring (bicyclic) bond motifs is 3. The lowest BCUT2D eigenvalue weighted by Gasteiger charge is -2.31. The first kappa shape index (κ1) is 31.7. The van der Waals surface area contributed by atoms with E-state index in [0.717, 1.165) is 12.0 Å². The van der Waals surface area contributed by atoms with Crippen LogP contribution < -0.4 is 10.1 Å². The molecule has 0 spiro atoms. The summed E-state index contributed by atoms with van der Waals surface area (Å²) in [5.74, 6) is 0.138. The molecule has 11 heteroatoms. The average Bonchev–Trinajstić information content (AvgIpc) is 3.43. The van der Waals surface area contributed by atoms with Crippen LogP contribution in [0.3, 0.4) is 0 Å². The van der Waals surface area contributed by atoms with E-state index >= 15 is 0 Å². The molecule has 3 aromatic rings. The molecule has 0 aromatic heterocycles. The van der Waals surface area contributed by atoms with Crippen molar-refractivity contribution >= 4 is 15.9 Å². The van der Waals surface area contributed by atoms with Crippen LogP contribution in [0.25, 0.3) is 11.1 Å². The summed E-state index contributed by atoms with van der Waals surface area (Å²) < 4.78 is 50.1. The molecule has 0 radical (unpaired) electrons. The van der Waals surface area contributed by atoms with Gasteiger partial charge in [0.2, 0.25) is 16.3 Å². The van der Waals surface area contributed by atoms with E-state index in [9.17, 15) is 18.3 Å². The van der Waals surface area contributed by atoms with Crippen molar-refractivity contribution in [3.63, 3.8) is 0 Å². The van der Waals surface area contributed by atoms with Crippen LogP contribution in [0.15, 0.2) is 83.5 Å². The first-order valence-electron chi connectivity index (χ1n) is 14.6. The van der Waals surface area contributed by atoms with Crippen LogP contribution in [0.4, 0.5) is 0 Å². The standard InChI is InChI=1S/C33H38N2O8S/c1-40-18-14-34-33(37)31-21-24(28-8-5-9-29-27-7-4-3-6-23(27)20-30(28)29)22-32(43-31)42-19-16-35(15-17-36)44(38,39)26-12-10-25(41-2)11-13-26/h3-13,21,24,32,36H,14-20,22H2,1-2H3,(H,34,37)/t24-,32+/m0/s1. The number of hydrogen-bond acceptors (Lipinski definition) is 8. The number of nitrogens with zero attached hydrogens (tertiary/aromatic N) is 1. The molecular formula is C33H38N2O8S. The van der Waals surface area contributed by atoms with E-state index in [1.54, 1.807) is 19.2 Å². The largest absolute Gasteiger partial charge is 0.497 e. The third kappa shape index (κ3) is 6.98. The molecule has 0 saturated carbocycles. The van der Waals surface area contributed by atoms with Gasteiger partial charge >= 0.3 is 0 Å². The van der Waals surface area contributed by atoms with Gasteiger partial charge in [-0.2, -0.15) is 4.31 Å². The Balaban J connectivity index is 1.33. The molecule has 0 bridgehead atoms. The maximum Gasteiger partial charge on any atom is 0.286 e. The van der Waals surface area contributed by atoms with Crippen molar-refractivity contribution in [1.29, 1.82) is 0 Å². The van der Waals surface area contributed by atoms with Crippen molar-refractivity contribution in [2.45, 2.75) is 29.9 Å². The van der Waals surface area contributed by atoms with Gasteiger partial charge < -0.3 is 29.4 Å². The van der Waals surface area contributed by atoms with Crippen LogP contribution in [-0.2, 0) is 35.4 Å². The van der Waals surface area contributed by atoms with Gasteiger partial charge in [0.05, 0.1) is 31.8 Å². The summed E-state index contributed by atoms with van der Waals surface area (Å²) in [6.07, 6.45) is 2.28. The van der Waals surface area contributed by atoms with Gasteiger partial charge in [0.1, 0.15) is 5.75 Å². The van der Waals surface area contributed by atoms with E-state index in [1.807, 2.05) is 24.3 Å². The van der Waals surface area contributed by atoms with Crippen molar-refractivity contribution in [1.82, 2.24) is 9.62 Å². The highest BCUT2D eigenvalue weighted by molar-refractivity contribution is 7.89. The third-order valence-electron chi connectivity index (χ3n) is 7.85. The molecule has 1 aliphatic heterocycles. The Hall–Kier alpha value is -3.74. The Kier molecular flexibility index (Phi) is 10.3. The molecule has 1 amide bonds. The Morgan fingerprint density at radius 3 is 2.52 bits per heavy atom. The summed E-state index contributed by atoms with van der Waals surface area (Å²) in [5.41, 5.74) is 5.98. The number of amides is 1. The van der Waals surface area contributed by atoms with Crippen LogP contribution in [0.1, 0.15) is 29.0 Å². The summed E-state index contributed by atoms with van der Waals surface area (Å²) in [6, 6.07) is 20.6. The van der Waals surface area contributed by atoms with Crippen molar-refractivity contribution in [2.75, 3.05) is 53.7 Å². The van der Waals surface area contributed by atoms with Gasteiger partial charge in [-0.3, -0.25) is 4.79 Å². The van der Waals surface area contributed by atoms with E-state index in [1.165, 1.54) is 45.8 Å². The number of sulfonamides is 1. The molecule has 5 rings (SSSR count). The molecule has 1 aliphatic carbocycles. The van der Waals surface area contributed by atoms with Crippen LogP contribution in [0.5, 0.6) is 5.75 Å². The van der Waals surface area contributed by atoms with Gasteiger partial charge in [-0.05, 0) is 64.6 Å². The number of ether oxygens (including phenoxy) is 4. The smallest absolute Gasteiger partial charge is 0.286 e. The van der Waals surface area contributed by atoms with Crippen LogP contribution in [0.2, 0.25) is 0 Å². The summed E-state index contributed by atoms with van der Waals surface area (Å²) in [6.45, 7) is 0.194. The number of nitrogens with one attached hydrogen (secondary N) is 1. The van der Waals surface area contributed by atoms with Gasteiger partial charge in [0, 0.05) is 39.1 Å². The van der Waals surface area contributed by atoms with E-state index in [4.69, 9.17) is 18.9 Å². The van der Waals surface area contributed by atoms with Crippen molar-refractivity contribution < 1.29 is 37.3 Å². The normalized spacial score (nSPS) is 17.4. The number of allylic oxidation sites excluding steroid dienone is 1. The minimum absolute atomic E-state index is 0.0102. The molecule has 10 nitrogen and oxygen atoms in total. The third-order valence-corrected chi connectivity index (χ3v) is 9.76. The fourth-order valence-corrected chi connectivity index (χ4v) is 7.08. The van der Waals surface area contributed by atoms with Gasteiger partial charge in [-0.1, -0.05) is 42.5 Å². The minimum Gasteiger partial charge on any atom is -0.497 e. The Morgan fingerprint density at radius 2 is 1.77 bits per heavy atom. The molecule has 1 heterocycles. The summed E-state index contributed by atoms with van der Waals surface area (Å²) in [4.78, 5) is 13.2. The van der Waals surface area contributed by atoms with E-state index in [-0.39, 0.29) is 48.8 Å². The first-order chi connectivity index (χ1) is 21.3. The van der Waals surface area contributed by atoms with Gasteiger partial charge in [-0.15, -0.1) is 0 Å². The highest BCUT2D eigenvalue weighted by atomic mass is 32.2. The topological polar surface area (TPSA) is 124 Å². The maximum atomic E-state index is 13.3. The highest BCUT2D eigenvalue weighted by Crippen LogP contribution is 2.42. The lowest BCUT2D eigenvalue weighted by molar-refractivity contribution is -0.146. The van der Waals surface area contributed by atoms with Crippen molar-refractivity contribution in [3.05, 3.63) is 95.3 Å². The number of aliphatic hydroxyl groups is 1. The van der Waals surface area contributed by atoms with Gasteiger partial charge in [0.15, 0.2) is 5.76 Å². The SMILES string of the molecule is COCCNC(=O)C1=C[C@H](c2cccc3c2Cc2ccccc2-3)C[C@H](OCCN(CCO)S(=O)(=O)c2ccc(OC)cc2)O1. The van der Waals surface area contributed by atoms with Crippen LogP contribution in [-0.4, -0.2) is 83.7 Å². The second kappa shape index (κ2) is 14.4. The predicted octanol–water partition coefficient (Wildman–Crippen LogP) is 3.44. The Labute approximate surface area is 258 Å². The molecule has 0 unspecified atom stereocenters. The van der Waals surface area contributed by atoms with E-state index < -0.39 is 16.3 Å². The molecule has 3 aromatic carbocycles. The number of hydrogen-bond donors (Lipinski definition) is 2. The van der Waals surface area contributed by atoms with E-state index in [2.05, 4.69) is 29.6 Å². The zero-order valence-electron chi connectivity index (χ0n) is 24.9. The zero-order chi connectivity index (χ0) is 31.1. The maximum absolute atomic E-state index is 13.3. The van der Waals surface area contributed by atoms with Crippen LogP contribution in [0, 0.1) is 0 Å². The molecule has 2 atom stereocenters. The summed E-state index contributed by atoms with van der Waals surface area (Å²) >= 11 is 0. The second-order valence-corrected chi connectivity index (χ2v) is 12.5. The van der Waals surface area contributed by atoms with Gasteiger partial charge in [-0.25, -0.2) is 8.42 Å². The zero-order valence-corrected chi connectivity index (χ0v) is 25.7. The summed E-state index contributed by atoms with van der Waals surface area (Å²) in [7, 11) is -0.840. The Bertz CT molecular complexity index is 1590. The lowest BCUT2D eigenvalue weighted by Crippen LogP contribution is -2.38. The fourth-order valence-electron chi connectivity index (χ4n) is 5.66. The van der Waals surface area contributed by atoms with Crippen LogP contribution >= 0.6 is 0 Å². The first-order valence-corrected chi connectivity index (χ1v) is 16.0. The molecule has 234 valence electrons. The Morgan fingerprint density at radius 1 is 1.00 bits per heavy atom. The van der Waals surface area contributed by atoms with Gasteiger partial charge in [0.25, 0.3) is 5.91 Å². The quantitative estimate of drug-likeness (QED) is 0.205. The number of carbonyl (C=O) groups is 1. The van der Waals surface area contributed by atoms with Crippen molar-refractivity contribution in [3.8, 4) is 16.9 Å². The number of aliphatic hydroxyl groups excluding tert-OH is 1. The van der Waals surface area contributed by atoms with Crippen molar-refractivity contribution in [2.24, 2.45) is 0 Å². The number of benzene rings is 3. The average molecular weight is 623 g/mol. The number of rotatable bonds is 14. The highest BCUT2D eigenvalue weighted by Gasteiger charge is 2.32. The number of methoxy groups -OCH3 is 2. The number of carbonyl (C=O) groups excluding carboxylic acids is 1. The fraction of sp³-hybridized carbons (Fsp3) is 0.364. The monoisotopic (exact) mass is 622 g/mol. The molecule has 2 N–H and O–H groups in total. The predicted molar refractivity (Wildman–Crippen MR) is 165 cm³/mol. The molecule has 0 fully saturated rings. The molecule has 0 saturated heterocycles. The summed E-state index contributed by atoms with van der Waals surface area (Å²) in [5, 5.41) is 12.4. The lowest BCUT2D eigenvalue weighted by atomic mass is 9.87. The molecule has 2 aliphatic rings.